The standard InChI is InChI=1S/C22H24FN3O2/c23-20-10-8-19(9-11-20)17-24-21(27)22(28)26-15-13-25(14-16-26)12-4-7-18-5-2-1-3-6-18/h1-11H,12-17H2,(H,24,27)/b7-4+. The lowest BCUT2D eigenvalue weighted by Crippen LogP contribution is -2.52. The molecule has 3 rings (SSSR count). The van der Waals surface area contributed by atoms with Crippen LogP contribution < -0.4 is 5.32 Å². The van der Waals surface area contributed by atoms with Crippen molar-refractivity contribution in [1.29, 1.82) is 0 Å². The van der Waals surface area contributed by atoms with Crippen LogP contribution in [0.2, 0.25) is 0 Å². The van der Waals surface area contributed by atoms with Crippen molar-refractivity contribution < 1.29 is 14.0 Å². The van der Waals surface area contributed by atoms with Gasteiger partial charge in [-0.3, -0.25) is 14.5 Å². The Balaban J connectivity index is 1.39. The number of hydrogen-bond acceptors (Lipinski definition) is 3. The average molecular weight is 381 g/mol. The first-order valence-electron chi connectivity index (χ1n) is 9.37. The molecule has 1 saturated heterocycles. The Morgan fingerprint density at radius 1 is 0.964 bits per heavy atom. The molecular weight excluding hydrogens is 357 g/mol. The Bertz CT molecular complexity index is 813. The molecule has 0 bridgehead atoms. The number of amides is 2. The van der Waals surface area contributed by atoms with Gasteiger partial charge in [-0.15, -0.1) is 0 Å². The van der Waals surface area contributed by atoms with Crippen LogP contribution in [0.15, 0.2) is 60.7 Å². The molecular formula is C22H24FN3O2. The van der Waals surface area contributed by atoms with Crippen molar-refractivity contribution >= 4 is 17.9 Å². The molecule has 2 aromatic carbocycles. The first-order chi connectivity index (χ1) is 13.6. The van der Waals surface area contributed by atoms with E-state index in [4.69, 9.17) is 0 Å². The summed E-state index contributed by atoms with van der Waals surface area (Å²) in [6.07, 6.45) is 4.20. The van der Waals surface area contributed by atoms with E-state index in [1.54, 1.807) is 17.0 Å². The topological polar surface area (TPSA) is 52.7 Å². The molecule has 0 aromatic heterocycles. The fourth-order valence-corrected chi connectivity index (χ4v) is 3.04. The summed E-state index contributed by atoms with van der Waals surface area (Å²) >= 11 is 0. The van der Waals surface area contributed by atoms with E-state index in [-0.39, 0.29) is 12.4 Å². The molecule has 28 heavy (non-hydrogen) atoms. The van der Waals surface area contributed by atoms with Crippen LogP contribution in [-0.2, 0) is 16.1 Å². The van der Waals surface area contributed by atoms with Gasteiger partial charge in [0.1, 0.15) is 5.82 Å². The molecule has 5 nitrogen and oxygen atoms in total. The predicted octanol–water partition coefficient (Wildman–Crippen LogP) is 2.30. The molecule has 1 heterocycles. The van der Waals surface area contributed by atoms with Crippen LogP contribution in [0.4, 0.5) is 4.39 Å². The van der Waals surface area contributed by atoms with Gasteiger partial charge in [-0.05, 0) is 23.3 Å². The molecule has 2 amide bonds. The number of nitrogens with one attached hydrogen (secondary N) is 1. The highest BCUT2D eigenvalue weighted by Crippen LogP contribution is 2.06. The fourth-order valence-electron chi connectivity index (χ4n) is 3.04. The summed E-state index contributed by atoms with van der Waals surface area (Å²) in [4.78, 5) is 28.2. The number of rotatable bonds is 5. The van der Waals surface area contributed by atoms with E-state index in [0.29, 0.717) is 13.1 Å². The van der Waals surface area contributed by atoms with Crippen molar-refractivity contribution in [1.82, 2.24) is 15.1 Å². The van der Waals surface area contributed by atoms with Crippen molar-refractivity contribution in [3.63, 3.8) is 0 Å². The second kappa shape index (κ2) is 9.80. The zero-order valence-corrected chi connectivity index (χ0v) is 15.7. The summed E-state index contributed by atoms with van der Waals surface area (Å²) < 4.78 is 12.9. The van der Waals surface area contributed by atoms with Gasteiger partial charge in [0, 0.05) is 39.3 Å². The molecule has 0 unspecified atom stereocenters. The van der Waals surface area contributed by atoms with Gasteiger partial charge in [0.15, 0.2) is 0 Å². The molecule has 0 atom stereocenters. The number of hydrogen-bond donors (Lipinski definition) is 1. The van der Waals surface area contributed by atoms with Gasteiger partial charge in [-0.2, -0.15) is 0 Å². The average Bonchev–Trinajstić information content (AvgIpc) is 2.74. The Hall–Kier alpha value is -2.99. The van der Waals surface area contributed by atoms with Crippen molar-refractivity contribution in [3.05, 3.63) is 77.6 Å². The second-order valence-electron chi connectivity index (χ2n) is 6.72. The largest absolute Gasteiger partial charge is 0.344 e. The molecule has 1 aliphatic heterocycles. The van der Waals surface area contributed by atoms with Gasteiger partial charge in [-0.1, -0.05) is 54.6 Å². The molecule has 0 radical (unpaired) electrons. The third-order valence-electron chi connectivity index (χ3n) is 4.69. The highest BCUT2D eigenvalue weighted by atomic mass is 19.1. The summed E-state index contributed by atoms with van der Waals surface area (Å²) in [5.74, 6) is -1.47. The van der Waals surface area contributed by atoms with Crippen LogP contribution in [-0.4, -0.2) is 54.3 Å². The zero-order chi connectivity index (χ0) is 19.8. The quantitative estimate of drug-likeness (QED) is 0.809. The summed E-state index contributed by atoms with van der Waals surface area (Å²) in [6, 6.07) is 15.9. The van der Waals surface area contributed by atoms with Crippen LogP contribution in [0.5, 0.6) is 0 Å². The van der Waals surface area contributed by atoms with E-state index in [2.05, 4.69) is 34.5 Å². The number of benzene rings is 2. The summed E-state index contributed by atoms with van der Waals surface area (Å²) in [5.41, 5.74) is 1.91. The van der Waals surface area contributed by atoms with Crippen LogP contribution in [0.3, 0.4) is 0 Å². The number of carbonyl (C=O) groups excluding carboxylic acids is 2. The van der Waals surface area contributed by atoms with Crippen molar-refractivity contribution in [2.45, 2.75) is 6.54 Å². The van der Waals surface area contributed by atoms with Crippen LogP contribution in [0.1, 0.15) is 11.1 Å². The van der Waals surface area contributed by atoms with Gasteiger partial charge in [0.2, 0.25) is 0 Å². The monoisotopic (exact) mass is 381 g/mol. The van der Waals surface area contributed by atoms with Gasteiger partial charge < -0.3 is 10.2 Å². The summed E-state index contributed by atoms with van der Waals surface area (Å²) in [7, 11) is 0. The maximum absolute atomic E-state index is 12.9. The molecule has 1 aliphatic rings. The summed E-state index contributed by atoms with van der Waals surface area (Å²) in [5, 5.41) is 2.60. The predicted molar refractivity (Wildman–Crippen MR) is 107 cm³/mol. The minimum Gasteiger partial charge on any atom is -0.344 e. The van der Waals surface area contributed by atoms with E-state index in [1.165, 1.54) is 12.1 Å². The molecule has 2 aromatic rings. The maximum Gasteiger partial charge on any atom is 0.311 e. The third-order valence-corrected chi connectivity index (χ3v) is 4.69. The normalized spacial score (nSPS) is 15.0. The minimum atomic E-state index is -0.623. The molecule has 0 saturated carbocycles. The minimum absolute atomic E-state index is 0.203. The van der Waals surface area contributed by atoms with Gasteiger partial charge in [-0.25, -0.2) is 4.39 Å². The Morgan fingerprint density at radius 2 is 1.64 bits per heavy atom. The Kier molecular flexibility index (Phi) is 6.92. The van der Waals surface area contributed by atoms with E-state index < -0.39 is 11.8 Å². The molecule has 1 fully saturated rings. The number of piperazine rings is 1. The first kappa shape index (κ1) is 19.8. The zero-order valence-electron chi connectivity index (χ0n) is 15.7. The summed E-state index contributed by atoms with van der Waals surface area (Å²) in [6.45, 7) is 3.54. The van der Waals surface area contributed by atoms with Gasteiger partial charge >= 0.3 is 11.8 Å². The smallest absolute Gasteiger partial charge is 0.311 e. The number of carbonyl (C=O) groups is 2. The van der Waals surface area contributed by atoms with Crippen LogP contribution in [0, 0.1) is 5.82 Å². The molecule has 1 N–H and O–H groups in total. The van der Waals surface area contributed by atoms with E-state index >= 15 is 0 Å². The van der Waals surface area contributed by atoms with Gasteiger partial charge in [0.05, 0.1) is 0 Å². The highest BCUT2D eigenvalue weighted by Gasteiger charge is 2.25. The fraction of sp³-hybridized carbons (Fsp3) is 0.273. The Morgan fingerprint density at radius 3 is 2.32 bits per heavy atom. The van der Waals surface area contributed by atoms with Gasteiger partial charge in [0.25, 0.3) is 0 Å². The van der Waals surface area contributed by atoms with Crippen LogP contribution >= 0.6 is 0 Å². The lowest BCUT2D eigenvalue weighted by molar-refractivity contribution is -0.147. The van der Waals surface area contributed by atoms with Crippen LogP contribution in [0.25, 0.3) is 6.08 Å². The van der Waals surface area contributed by atoms with Crippen molar-refractivity contribution in [2.24, 2.45) is 0 Å². The SMILES string of the molecule is O=C(NCc1ccc(F)cc1)C(=O)N1CCN(C/C=C/c2ccccc2)CC1. The maximum atomic E-state index is 12.9. The first-order valence-corrected chi connectivity index (χ1v) is 9.37. The second-order valence-corrected chi connectivity index (χ2v) is 6.72. The highest BCUT2D eigenvalue weighted by molar-refractivity contribution is 6.35. The third kappa shape index (κ3) is 5.76. The molecule has 6 heteroatoms. The van der Waals surface area contributed by atoms with E-state index in [9.17, 15) is 14.0 Å². The lowest BCUT2D eigenvalue weighted by Gasteiger charge is -2.33. The number of nitrogens with zero attached hydrogens (tertiary/aromatic N) is 2. The lowest BCUT2D eigenvalue weighted by atomic mass is 10.2. The Labute approximate surface area is 164 Å². The molecule has 0 spiro atoms. The van der Waals surface area contributed by atoms with Crippen molar-refractivity contribution in [2.75, 3.05) is 32.7 Å². The number of halogens is 1. The van der Waals surface area contributed by atoms with Crippen molar-refractivity contribution in [3.8, 4) is 0 Å². The van der Waals surface area contributed by atoms with E-state index in [0.717, 1.165) is 30.8 Å². The molecule has 146 valence electrons. The molecule has 0 aliphatic carbocycles. The van der Waals surface area contributed by atoms with E-state index in [1.807, 2.05) is 18.2 Å².